The van der Waals surface area contributed by atoms with E-state index in [1.54, 1.807) is 0 Å². The summed E-state index contributed by atoms with van der Waals surface area (Å²) in [5.74, 6) is 1.80. The molecule has 0 saturated carbocycles. The molecule has 0 fully saturated rings. The predicted molar refractivity (Wildman–Crippen MR) is 94.0 cm³/mol. The Morgan fingerprint density at radius 2 is 0.950 bits per heavy atom. The minimum absolute atomic E-state index is 0.898. The van der Waals surface area contributed by atoms with Gasteiger partial charge >= 0.3 is 0 Å². The van der Waals surface area contributed by atoms with Crippen molar-refractivity contribution in [2.75, 3.05) is 0 Å². The predicted octanol–water partition coefficient (Wildman–Crippen LogP) is 7.57. The second-order valence-electron chi connectivity index (χ2n) is 6.64. The molecule has 0 spiro atoms. The van der Waals surface area contributed by atoms with Crippen molar-refractivity contribution in [3.63, 3.8) is 0 Å². The van der Waals surface area contributed by atoms with Gasteiger partial charge in [-0.3, -0.25) is 0 Å². The van der Waals surface area contributed by atoms with Crippen molar-refractivity contribution in [3.8, 4) is 0 Å². The molecule has 0 aliphatic rings. The molecule has 0 bridgehead atoms. The zero-order chi connectivity index (χ0) is 15.1. The largest absolute Gasteiger partial charge is 0.0654 e. The third kappa shape index (κ3) is 11.8. The third-order valence-corrected chi connectivity index (χ3v) is 4.49. The van der Waals surface area contributed by atoms with Crippen molar-refractivity contribution in [1.29, 1.82) is 0 Å². The maximum absolute atomic E-state index is 2.77. The van der Waals surface area contributed by atoms with Crippen LogP contribution < -0.4 is 0 Å². The number of hydrogen-bond acceptors (Lipinski definition) is 0. The quantitative estimate of drug-likeness (QED) is 0.271. The molecule has 0 aliphatic heterocycles. The van der Waals surface area contributed by atoms with Crippen LogP contribution in [0.4, 0.5) is 0 Å². The van der Waals surface area contributed by atoms with Gasteiger partial charge in [0.2, 0.25) is 0 Å². The van der Waals surface area contributed by atoms with E-state index in [0.717, 1.165) is 11.8 Å². The fraction of sp³-hybridized carbons (Fsp3) is 0.950. The van der Waals surface area contributed by atoms with E-state index in [1.807, 2.05) is 0 Å². The average Bonchev–Trinajstić information content (AvgIpc) is 2.45. The molecule has 20 heavy (non-hydrogen) atoms. The average molecular weight is 282 g/mol. The first kappa shape index (κ1) is 20.0. The van der Waals surface area contributed by atoms with Crippen LogP contribution in [-0.2, 0) is 0 Å². The Kier molecular flexibility index (Phi) is 15.4. The van der Waals surface area contributed by atoms with Gasteiger partial charge in [0.05, 0.1) is 0 Å². The Hall–Kier alpha value is 0. The molecule has 0 heteroatoms. The fourth-order valence-corrected chi connectivity index (χ4v) is 3.21. The lowest BCUT2D eigenvalue weighted by atomic mass is 9.82. The van der Waals surface area contributed by atoms with E-state index >= 15 is 0 Å². The summed E-state index contributed by atoms with van der Waals surface area (Å²) in [7, 11) is 0. The van der Waals surface area contributed by atoms with Gasteiger partial charge in [0.25, 0.3) is 0 Å². The van der Waals surface area contributed by atoms with Gasteiger partial charge in [-0.1, -0.05) is 111 Å². The highest BCUT2D eigenvalue weighted by atomic mass is 14.2. The highest BCUT2D eigenvalue weighted by Gasteiger charge is 2.16. The molecule has 2 atom stereocenters. The summed E-state index contributed by atoms with van der Waals surface area (Å²) in [5, 5.41) is 0. The topological polar surface area (TPSA) is 0 Å². The second-order valence-corrected chi connectivity index (χ2v) is 6.64. The number of unbranched alkanes of at least 4 members (excludes halogenated alkanes) is 5. The van der Waals surface area contributed by atoms with E-state index in [4.69, 9.17) is 0 Å². The SMILES string of the molecule is CCCCCC([CH]C(CCCC)CCCCC)CCC. The summed E-state index contributed by atoms with van der Waals surface area (Å²) in [5.41, 5.74) is 0. The number of hydrogen-bond donors (Lipinski definition) is 0. The first-order chi connectivity index (χ1) is 9.78. The molecular formula is C20H41. The molecule has 0 aromatic rings. The Morgan fingerprint density at radius 1 is 0.500 bits per heavy atom. The van der Waals surface area contributed by atoms with Gasteiger partial charge in [-0.05, 0) is 18.3 Å². The van der Waals surface area contributed by atoms with Crippen molar-refractivity contribution in [3.05, 3.63) is 6.42 Å². The summed E-state index contributed by atoms with van der Waals surface area (Å²) in [4.78, 5) is 0. The zero-order valence-electron chi connectivity index (χ0n) is 14.9. The van der Waals surface area contributed by atoms with Crippen molar-refractivity contribution in [2.45, 2.75) is 111 Å². The van der Waals surface area contributed by atoms with E-state index in [2.05, 4.69) is 34.1 Å². The Balaban J connectivity index is 4.13. The van der Waals surface area contributed by atoms with E-state index in [9.17, 15) is 0 Å². The maximum Gasteiger partial charge on any atom is -0.0324 e. The molecule has 0 aromatic carbocycles. The van der Waals surface area contributed by atoms with E-state index in [-0.39, 0.29) is 0 Å². The molecule has 0 rings (SSSR count). The third-order valence-electron chi connectivity index (χ3n) is 4.49. The van der Waals surface area contributed by atoms with Crippen LogP contribution in [0.25, 0.3) is 0 Å². The zero-order valence-corrected chi connectivity index (χ0v) is 14.9. The molecule has 0 heterocycles. The van der Waals surface area contributed by atoms with Gasteiger partial charge in [0, 0.05) is 0 Å². The minimum Gasteiger partial charge on any atom is -0.0654 e. The summed E-state index contributed by atoms with van der Waals surface area (Å²) in [6, 6.07) is 0. The molecule has 0 saturated heterocycles. The second kappa shape index (κ2) is 15.4. The van der Waals surface area contributed by atoms with Crippen LogP contribution >= 0.6 is 0 Å². The lowest BCUT2D eigenvalue weighted by molar-refractivity contribution is 0.377. The summed E-state index contributed by atoms with van der Waals surface area (Å²) >= 11 is 0. The van der Waals surface area contributed by atoms with Crippen LogP contribution in [0.1, 0.15) is 111 Å². The molecule has 0 aliphatic carbocycles. The van der Waals surface area contributed by atoms with Gasteiger partial charge in [-0.25, -0.2) is 0 Å². The van der Waals surface area contributed by atoms with E-state index in [1.165, 1.54) is 83.5 Å². The van der Waals surface area contributed by atoms with Gasteiger partial charge in [-0.2, -0.15) is 0 Å². The van der Waals surface area contributed by atoms with Gasteiger partial charge in [0.15, 0.2) is 0 Å². The Bertz CT molecular complexity index is 173. The molecular weight excluding hydrogens is 240 g/mol. The van der Waals surface area contributed by atoms with Gasteiger partial charge < -0.3 is 0 Å². The van der Waals surface area contributed by atoms with E-state index < -0.39 is 0 Å². The first-order valence-electron chi connectivity index (χ1n) is 9.63. The molecule has 0 nitrogen and oxygen atoms in total. The number of rotatable bonds is 15. The maximum atomic E-state index is 2.77. The highest BCUT2D eigenvalue weighted by molar-refractivity contribution is 4.83. The molecule has 0 N–H and O–H groups in total. The summed E-state index contributed by atoms with van der Waals surface area (Å²) in [6.45, 7) is 9.30. The van der Waals surface area contributed by atoms with Gasteiger partial charge in [0.1, 0.15) is 0 Å². The monoisotopic (exact) mass is 281 g/mol. The molecule has 2 unspecified atom stereocenters. The molecule has 121 valence electrons. The Morgan fingerprint density at radius 3 is 1.40 bits per heavy atom. The van der Waals surface area contributed by atoms with Crippen LogP contribution in [0.15, 0.2) is 0 Å². The summed E-state index contributed by atoms with van der Waals surface area (Å²) in [6.07, 6.45) is 21.1. The minimum atomic E-state index is 0.898. The lowest BCUT2D eigenvalue weighted by Crippen LogP contribution is -2.11. The highest BCUT2D eigenvalue weighted by Crippen LogP contribution is 2.28. The summed E-state index contributed by atoms with van der Waals surface area (Å²) < 4.78 is 0. The van der Waals surface area contributed by atoms with Crippen LogP contribution in [-0.4, -0.2) is 0 Å². The lowest BCUT2D eigenvalue weighted by Gasteiger charge is -2.23. The normalized spacial score (nSPS) is 14.4. The molecule has 1 radical (unpaired) electrons. The van der Waals surface area contributed by atoms with Crippen molar-refractivity contribution in [2.24, 2.45) is 11.8 Å². The van der Waals surface area contributed by atoms with Crippen molar-refractivity contribution >= 4 is 0 Å². The molecule has 0 aromatic heterocycles. The van der Waals surface area contributed by atoms with Crippen LogP contribution in [0, 0.1) is 18.3 Å². The smallest absolute Gasteiger partial charge is 0.0324 e. The fourth-order valence-electron chi connectivity index (χ4n) is 3.21. The standard InChI is InChI=1S/C20H41/c1-5-9-12-16-19(14-8-4)18-20(15-11-7-3)17-13-10-6-2/h18-20H,5-17H2,1-4H3. The van der Waals surface area contributed by atoms with E-state index in [0.29, 0.717) is 0 Å². The Labute approximate surface area is 130 Å². The first-order valence-corrected chi connectivity index (χ1v) is 9.63. The van der Waals surface area contributed by atoms with Crippen LogP contribution in [0.2, 0.25) is 0 Å². The van der Waals surface area contributed by atoms with Crippen LogP contribution in [0.3, 0.4) is 0 Å². The van der Waals surface area contributed by atoms with Crippen molar-refractivity contribution < 1.29 is 0 Å². The van der Waals surface area contributed by atoms with Crippen molar-refractivity contribution in [1.82, 2.24) is 0 Å². The van der Waals surface area contributed by atoms with Gasteiger partial charge in [-0.15, -0.1) is 0 Å². The molecule has 0 amide bonds. The van der Waals surface area contributed by atoms with Crippen LogP contribution in [0.5, 0.6) is 0 Å².